The number of rotatable bonds is 2. The first kappa shape index (κ1) is 10.5. The zero-order valence-corrected chi connectivity index (χ0v) is 9.49. The van der Waals surface area contributed by atoms with Crippen molar-refractivity contribution in [2.24, 2.45) is 0 Å². The van der Waals surface area contributed by atoms with E-state index in [4.69, 9.17) is 9.84 Å². The van der Waals surface area contributed by atoms with E-state index in [9.17, 15) is 4.79 Å². The lowest BCUT2D eigenvalue weighted by Crippen LogP contribution is -2.01. The van der Waals surface area contributed by atoms with Crippen LogP contribution in [0.25, 0.3) is 16.8 Å². The molecule has 3 aromatic rings. The van der Waals surface area contributed by atoms with Gasteiger partial charge in [0.2, 0.25) is 5.78 Å². The molecule has 0 aliphatic carbocycles. The fourth-order valence-corrected chi connectivity index (χ4v) is 1.83. The largest absolute Gasteiger partial charge is 0.497 e. The molecule has 2 heterocycles. The second-order valence-corrected chi connectivity index (χ2v) is 3.75. The molecule has 90 valence electrons. The fourth-order valence-electron chi connectivity index (χ4n) is 1.83. The van der Waals surface area contributed by atoms with Crippen LogP contribution in [0.15, 0.2) is 30.5 Å². The van der Waals surface area contributed by atoms with Gasteiger partial charge in [0.25, 0.3) is 0 Å². The third-order valence-electron chi connectivity index (χ3n) is 2.70. The van der Waals surface area contributed by atoms with Crippen LogP contribution >= 0.6 is 0 Å². The highest BCUT2D eigenvalue weighted by Crippen LogP contribution is 2.21. The van der Waals surface area contributed by atoms with Gasteiger partial charge in [-0.2, -0.15) is 0 Å². The third-order valence-corrected chi connectivity index (χ3v) is 2.70. The summed E-state index contributed by atoms with van der Waals surface area (Å²) in [5.41, 5.74) is 1.55. The number of hydrogen-bond acceptors (Lipinski definition) is 4. The monoisotopic (exact) mass is 243 g/mol. The van der Waals surface area contributed by atoms with Crippen LogP contribution < -0.4 is 4.74 Å². The van der Waals surface area contributed by atoms with Gasteiger partial charge in [-0.1, -0.05) is 0 Å². The number of carboxylic acid groups (broad SMARTS) is 1. The number of imidazole rings is 1. The number of fused-ring (bicyclic) bond motifs is 3. The molecule has 0 radical (unpaired) electrons. The fraction of sp³-hybridized carbons (Fsp3) is 0.0833. The lowest BCUT2D eigenvalue weighted by atomic mass is 10.3. The second-order valence-electron chi connectivity index (χ2n) is 3.75. The summed E-state index contributed by atoms with van der Waals surface area (Å²) in [5.74, 6) is -0.00958. The summed E-state index contributed by atoms with van der Waals surface area (Å²) >= 11 is 0. The topological polar surface area (TPSA) is 76.7 Å². The van der Waals surface area contributed by atoms with Crippen molar-refractivity contribution in [2.75, 3.05) is 7.11 Å². The molecule has 0 bridgehead atoms. The Labute approximate surface area is 101 Å². The summed E-state index contributed by atoms with van der Waals surface area (Å²) in [6.07, 6.45) is 1.65. The number of hydrogen-bond donors (Lipinski definition) is 1. The highest BCUT2D eigenvalue weighted by atomic mass is 16.5. The molecule has 6 heteroatoms. The molecule has 0 saturated heterocycles. The van der Waals surface area contributed by atoms with E-state index in [0.29, 0.717) is 17.0 Å². The number of benzene rings is 1. The summed E-state index contributed by atoms with van der Waals surface area (Å²) in [4.78, 5) is 19.1. The molecule has 2 aromatic heterocycles. The number of aromatic carboxylic acids is 1. The summed E-state index contributed by atoms with van der Waals surface area (Å²) in [6.45, 7) is 0. The van der Waals surface area contributed by atoms with Gasteiger partial charge in [-0.15, -0.1) is 0 Å². The molecule has 0 spiro atoms. The van der Waals surface area contributed by atoms with Crippen molar-refractivity contribution in [1.29, 1.82) is 0 Å². The molecular weight excluding hydrogens is 234 g/mol. The van der Waals surface area contributed by atoms with Gasteiger partial charge in [0, 0.05) is 12.3 Å². The zero-order valence-electron chi connectivity index (χ0n) is 9.49. The number of carboxylic acids is 1. The van der Waals surface area contributed by atoms with Crippen molar-refractivity contribution in [3.05, 3.63) is 36.2 Å². The first-order chi connectivity index (χ1) is 8.69. The molecule has 0 aliphatic rings. The summed E-state index contributed by atoms with van der Waals surface area (Å²) in [6, 6.07) is 6.91. The standard InChI is InChI=1S/C12H9N3O3/c1-18-7-2-3-10-9(6-7)14-12-13-8(11(16)17)4-5-15(10)12/h2-6H,1H3,(H,16,17). The quantitative estimate of drug-likeness (QED) is 0.739. The Bertz CT molecular complexity index is 764. The minimum atomic E-state index is -1.07. The van der Waals surface area contributed by atoms with Crippen LogP contribution in [0, 0.1) is 0 Å². The molecule has 0 aliphatic heterocycles. The Morgan fingerprint density at radius 1 is 1.33 bits per heavy atom. The van der Waals surface area contributed by atoms with Gasteiger partial charge >= 0.3 is 5.97 Å². The molecule has 1 N–H and O–H groups in total. The molecule has 0 fully saturated rings. The first-order valence-electron chi connectivity index (χ1n) is 5.25. The van der Waals surface area contributed by atoms with Crippen molar-refractivity contribution in [2.45, 2.75) is 0 Å². The maximum Gasteiger partial charge on any atom is 0.354 e. The average Bonchev–Trinajstić information content (AvgIpc) is 2.74. The minimum Gasteiger partial charge on any atom is -0.497 e. The van der Waals surface area contributed by atoms with E-state index >= 15 is 0 Å². The second kappa shape index (κ2) is 3.69. The summed E-state index contributed by atoms with van der Waals surface area (Å²) in [7, 11) is 1.58. The number of aromatic nitrogens is 3. The van der Waals surface area contributed by atoms with Crippen LogP contribution in [0.3, 0.4) is 0 Å². The Balaban J connectivity index is 2.31. The van der Waals surface area contributed by atoms with Crippen molar-refractivity contribution in [1.82, 2.24) is 14.4 Å². The maximum absolute atomic E-state index is 10.8. The van der Waals surface area contributed by atoms with Gasteiger partial charge < -0.3 is 9.84 Å². The molecule has 0 atom stereocenters. The smallest absolute Gasteiger partial charge is 0.354 e. The number of carbonyl (C=O) groups is 1. The lowest BCUT2D eigenvalue weighted by Gasteiger charge is -1.98. The molecule has 3 rings (SSSR count). The number of nitrogens with zero attached hydrogens (tertiary/aromatic N) is 3. The minimum absolute atomic E-state index is 0.0234. The van der Waals surface area contributed by atoms with Gasteiger partial charge in [-0.25, -0.2) is 14.8 Å². The van der Waals surface area contributed by atoms with Crippen molar-refractivity contribution in [3.8, 4) is 5.75 Å². The molecular formula is C12H9N3O3. The molecule has 1 aromatic carbocycles. The number of ether oxygens (including phenoxy) is 1. The summed E-state index contributed by atoms with van der Waals surface area (Å²) in [5, 5.41) is 8.88. The summed E-state index contributed by atoms with van der Waals surface area (Å²) < 4.78 is 6.85. The van der Waals surface area contributed by atoms with E-state index in [1.165, 1.54) is 6.07 Å². The highest BCUT2D eigenvalue weighted by molar-refractivity contribution is 5.87. The van der Waals surface area contributed by atoms with Crippen LogP contribution in [0.2, 0.25) is 0 Å². The zero-order chi connectivity index (χ0) is 12.7. The highest BCUT2D eigenvalue weighted by Gasteiger charge is 2.10. The lowest BCUT2D eigenvalue weighted by molar-refractivity contribution is 0.0690. The van der Waals surface area contributed by atoms with Crippen LogP contribution in [0.4, 0.5) is 0 Å². The molecule has 0 unspecified atom stereocenters. The van der Waals surface area contributed by atoms with Gasteiger partial charge in [-0.3, -0.25) is 4.40 Å². The van der Waals surface area contributed by atoms with Crippen molar-refractivity contribution in [3.63, 3.8) is 0 Å². The van der Waals surface area contributed by atoms with E-state index in [0.717, 1.165) is 5.52 Å². The van der Waals surface area contributed by atoms with Crippen LogP contribution in [-0.2, 0) is 0 Å². The Morgan fingerprint density at radius 2 is 2.17 bits per heavy atom. The average molecular weight is 243 g/mol. The number of methoxy groups -OCH3 is 1. The van der Waals surface area contributed by atoms with E-state index in [-0.39, 0.29) is 5.69 Å². The van der Waals surface area contributed by atoms with Gasteiger partial charge in [0.1, 0.15) is 5.75 Å². The van der Waals surface area contributed by atoms with Gasteiger partial charge in [0.05, 0.1) is 18.1 Å². The van der Waals surface area contributed by atoms with Crippen molar-refractivity contribution < 1.29 is 14.6 Å². The van der Waals surface area contributed by atoms with E-state index in [1.54, 1.807) is 23.8 Å². The Morgan fingerprint density at radius 3 is 2.89 bits per heavy atom. The van der Waals surface area contributed by atoms with Crippen LogP contribution in [0.1, 0.15) is 10.5 Å². The van der Waals surface area contributed by atoms with E-state index in [2.05, 4.69) is 9.97 Å². The Hall–Kier alpha value is -2.63. The molecule has 0 saturated carbocycles. The first-order valence-corrected chi connectivity index (χ1v) is 5.25. The van der Waals surface area contributed by atoms with Crippen LogP contribution in [-0.4, -0.2) is 32.6 Å². The third kappa shape index (κ3) is 1.46. The normalized spacial score (nSPS) is 10.9. The predicted molar refractivity (Wildman–Crippen MR) is 64.0 cm³/mol. The Kier molecular flexibility index (Phi) is 2.16. The maximum atomic E-state index is 10.8. The molecule has 6 nitrogen and oxygen atoms in total. The van der Waals surface area contributed by atoms with Gasteiger partial charge in [-0.05, 0) is 18.2 Å². The van der Waals surface area contributed by atoms with Crippen molar-refractivity contribution >= 4 is 22.8 Å². The molecule has 18 heavy (non-hydrogen) atoms. The predicted octanol–water partition coefficient (Wildman–Crippen LogP) is 1.59. The SMILES string of the molecule is COc1ccc2c(c1)nc1nc(C(=O)O)ccn12. The molecule has 0 amide bonds. The van der Waals surface area contributed by atoms with Gasteiger partial charge in [0.15, 0.2) is 5.69 Å². The van der Waals surface area contributed by atoms with E-state index < -0.39 is 5.97 Å². The van der Waals surface area contributed by atoms with Crippen LogP contribution in [0.5, 0.6) is 5.75 Å². The van der Waals surface area contributed by atoms with E-state index in [1.807, 2.05) is 12.1 Å².